The van der Waals surface area contributed by atoms with E-state index >= 15 is 0 Å². The minimum absolute atomic E-state index is 0.147. The molecule has 102 valence electrons. The van der Waals surface area contributed by atoms with Gasteiger partial charge in [0.15, 0.2) is 0 Å². The van der Waals surface area contributed by atoms with E-state index in [1.54, 1.807) is 0 Å². The molecule has 4 saturated carbocycles. The van der Waals surface area contributed by atoms with Gasteiger partial charge in [-0.25, -0.2) is 0 Å². The molecule has 0 aromatic rings. The van der Waals surface area contributed by atoms with Crippen LogP contribution in [0.15, 0.2) is 0 Å². The van der Waals surface area contributed by atoms with E-state index in [-0.39, 0.29) is 10.8 Å². The number of thioether (sulfide) groups is 1. The zero-order valence-electron chi connectivity index (χ0n) is 11.8. The third-order valence-electron chi connectivity index (χ3n) is 5.88. The average Bonchev–Trinajstić information content (AvgIpc) is 2.26. The zero-order chi connectivity index (χ0) is 13.0. The number of hydrogen-bond acceptors (Lipinski definition) is 2. The molecule has 1 N–H and O–H groups in total. The van der Waals surface area contributed by atoms with E-state index in [1.165, 1.54) is 50.3 Å². The van der Waals surface area contributed by atoms with Crippen LogP contribution in [0.4, 0.5) is 4.79 Å². The van der Waals surface area contributed by atoms with Gasteiger partial charge < -0.3 is 5.32 Å². The first-order valence-corrected chi connectivity index (χ1v) is 8.56. The first-order chi connectivity index (χ1) is 8.47. The SMILES string of the molecule is CSC(=O)NC12C[C@@H]3C[C@@H](C1)CC(C(C)C)(C3)C2. The Labute approximate surface area is 115 Å². The molecule has 0 aromatic heterocycles. The molecule has 2 atom stereocenters. The molecule has 4 aliphatic rings. The van der Waals surface area contributed by atoms with Crippen LogP contribution in [0.25, 0.3) is 0 Å². The van der Waals surface area contributed by atoms with Crippen molar-refractivity contribution in [1.29, 1.82) is 0 Å². The largest absolute Gasteiger partial charge is 0.342 e. The van der Waals surface area contributed by atoms with Crippen molar-refractivity contribution in [3.05, 3.63) is 0 Å². The highest BCUT2D eigenvalue weighted by Crippen LogP contribution is 2.64. The van der Waals surface area contributed by atoms with Gasteiger partial charge in [-0.3, -0.25) is 4.79 Å². The van der Waals surface area contributed by atoms with Crippen LogP contribution in [-0.2, 0) is 0 Å². The average molecular weight is 267 g/mol. The van der Waals surface area contributed by atoms with Gasteiger partial charge in [-0.2, -0.15) is 0 Å². The summed E-state index contributed by atoms with van der Waals surface area (Å²) in [5.41, 5.74) is 0.671. The highest BCUT2D eigenvalue weighted by molar-refractivity contribution is 8.12. The van der Waals surface area contributed by atoms with Gasteiger partial charge in [0.2, 0.25) is 0 Å². The number of carbonyl (C=O) groups excluding carboxylic acids is 1. The molecule has 0 unspecified atom stereocenters. The summed E-state index contributed by atoms with van der Waals surface area (Å²) in [5, 5.41) is 3.55. The van der Waals surface area contributed by atoms with Crippen LogP contribution in [0.3, 0.4) is 0 Å². The Kier molecular flexibility index (Phi) is 2.96. The lowest BCUT2D eigenvalue weighted by Gasteiger charge is -2.63. The van der Waals surface area contributed by atoms with Crippen LogP contribution < -0.4 is 5.32 Å². The molecule has 0 radical (unpaired) electrons. The highest BCUT2D eigenvalue weighted by Gasteiger charge is 2.58. The lowest BCUT2D eigenvalue weighted by molar-refractivity contribution is -0.0990. The molecule has 0 spiro atoms. The fourth-order valence-corrected chi connectivity index (χ4v) is 5.74. The van der Waals surface area contributed by atoms with Crippen molar-refractivity contribution in [1.82, 2.24) is 5.32 Å². The smallest absolute Gasteiger partial charge is 0.279 e. The quantitative estimate of drug-likeness (QED) is 0.817. The van der Waals surface area contributed by atoms with Crippen molar-refractivity contribution in [2.24, 2.45) is 23.2 Å². The second-order valence-electron chi connectivity index (χ2n) is 7.38. The Balaban J connectivity index is 1.87. The summed E-state index contributed by atoms with van der Waals surface area (Å²) in [6.45, 7) is 4.77. The van der Waals surface area contributed by atoms with E-state index in [0.29, 0.717) is 5.41 Å². The Morgan fingerprint density at radius 1 is 1.22 bits per heavy atom. The summed E-state index contributed by atoms with van der Waals surface area (Å²) in [4.78, 5) is 11.8. The van der Waals surface area contributed by atoms with Crippen LogP contribution in [-0.4, -0.2) is 17.0 Å². The van der Waals surface area contributed by atoms with Crippen molar-refractivity contribution in [2.45, 2.75) is 57.9 Å². The minimum Gasteiger partial charge on any atom is -0.342 e. The van der Waals surface area contributed by atoms with Crippen LogP contribution in [0, 0.1) is 23.2 Å². The molecule has 0 heterocycles. The van der Waals surface area contributed by atoms with E-state index in [2.05, 4.69) is 19.2 Å². The van der Waals surface area contributed by atoms with Crippen LogP contribution in [0.2, 0.25) is 0 Å². The predicted octanol–water partition coefficient (Wildman–Crippen LogP) is 4.05. The Bertz CT molecular complexity index is 352. The molecule has 4 aliphatic carbocycles. The molecule has 2 nitrogen and oxygen atoms in total. The lowest BCUT2D eigenvalue weighted by atomic mass is 9.44. The second kappa shape index (κ2) is 4.16. The highest BCUT2D eigenvalue weighted by atomic mass is 32.2. The normalized spacial score (nSPS) is 45.6. The maximum atomic E-state index is 11.8. The molecular weight excluding hydrogens is 242 g/mol. The van der Waals surface area contributed by atoms with Crippen molar-refractivity contribution < 1.29 is 4.79 Å². The summed E-state index contributed by atoms with van der Waals surface area (Å²) in [6.07, 6.45) is 9.85. The summed E-state index contributed by atoms with van der Waals surface area (Å²) >= 11 is 1.33. The number of nitrogens with one attached hydrogen (secondary N) is 1. The monoisotopic (exact) mass is 267 g/mol. The number of amides is 1. The van der Waals surface area contributed by atoms with Crippen molar-refractivity contribution in [3.63, 3.8) is 0 Å². The Hall–Kier alpha value is -0.180. The van der Waals surface area contributed by atoms with Gasteiger partial charge in [0.25, 0.3) is 5.24 Å². The van der Waals surface area contributed by atoms with E-state index in [9.17, 15) is 4.79 Å². The standard InChI is InChI=1S/C15H25NOS/c1-10(2)14-5-11-4-12(6-14)8-15(7-11,9-14)16-13(17)18-3/h10-12H,4-9H2,1-3H3,(H,16,17)/t11-,12-,14?,15?/m1/s1. The second-order valence-corrected chi connectivity index (χ2v) is 8.15. The van der Waals surface area contributed by atoms with Gasteiger partial charge in [-0.15, -0.1) is 0 Å². The van der Waals surface area contributed by atoms with E-state index in [4.69, 9.17) is 0 Å². The molecular formula is C15H25NOS. The van der Waals surface area contributed by atoms with Gasteiger partial charge in [0, 0.05) is 5.54 Å². The number of carbonyl (C=O) groups is 1. The topological polar surface area (TPSA) is 29.1 Å². The van der Waals surface area contributed by atoms with Crippen molar-refractivity contribution in [3.8, 4) is 0 Å². The van der Waals surface area contributed by atoms with Crippen molar-refractivity contribution in [2.75, 3.05) is 6.26 Å². The molecule has 0 aromatic carbocycles. The van der Waals surface area contributed by atoms with Gasteiger partial charge in [-0.1, -0.05) is 25.6 Å². The first kappa shape index (κ1) is 12.8. The van der Waals surface area contributed by atoms with Gasteiger partial charge in [0.1, 0.15) is 0 Å². The maximum absolute atomic E-state index is 11.8. The fraction of sp³-hybridized carbons (Fsp3) is 0.933. The van der Waals surface area contributed by atoms with E-state index in [1.807, 2.05) is 6.26 Å². The summed E-state index contributed by atoms with van der Waals surface area (Å²) in [5.74, 6) is 2.50. The van der Waals surface area contributed by atoms with Gasteiger partial charge in [0.05, 0.1) is 0 Å². The van der Waals surface area contributed by atoms with Crippen LogP contribution >= 0.6 is 11.8 Å². The third-order valence-corrected chi connectivity index (χ3v) is 6.36. The fourth-order valence-electron chi connectivity index (χ4n) is 5.42. The molecule has 3 heteroatoms. The zero-order valence-corrected chi connectivity index (χ0v) is 12.6. The number of hydrogen-bond donors (Lipinski definition) is 1. The van der Waals surface area contributed by atoms with Gasteiger partial charge in [-0.05, 0) is 67.9 Å². The molecule has 1 amide bonds. The molecule has 4 rings (SSSR count). The lowest BCUT2D eigenvalue weighted by Crippen LogP contribution is -2.63. The van der Waals surface area contributed by atoms with E-state index < -0.39 is 0 Å². The molecule has 0 saturated heterocycles. The summed E-state index contributed by atoms with van der Waals surface area (Å²) in [7, 11) is 0. The Morgan fingerprint density at radius 3 is 2.33 bits per heavy atom. The van der Waals surface area contributed by atoms with E-state index in [0.717, 1.165) is 17.8 Å². The first-order valence-electron chi connectivity index (χ1n) is 7.33. The molecule has 0 aliphatic heterocycles. The Morgan fingerprint density at radius 2 is 1.83 bits per heavy atom. The summed E-state index contributed by atoms with van der Waals surface area (Å²) in [6, 6.07) is 0. The minimum atomic E-state index is 0.147. The van der Waals surface area contributed by atoms with Crippen LogP contribution in [0.1, 0.15) is 52.4 Å². The maximum Gasteiger partial charge on any atom is 0.279 e. The van der Waals surface area contributed by atoms with Gasteiger partial charge >= 0.3 is 0 Å². The molecule has 4 fully saturated rings. The predicted molar refractivity (Wildman–Crippen MR) is 76.7 cm³/mol. The third kappa shape index (κ3) is 1.90. The summed E-state index contributed by atoms with van der Waals surface area (Å²) < 4.78 is 0. The number of rotatable bonds is 2. The molecule has 4 bridgehead atoms. The molecule has 18 heavy (non-hydrogen) atoms. The van der Waals surface area contributed by atoms with Crippen LogP contribution in [0.5, 0.6) is 0 Å². The van der Waals surface area contributed by atoms with Crippen molar-refractivity contribution >= 4 is 17.0 Å².